The highest BCUT2D eigenvalue weighted by Crippen LogP contribution is 2.11. The molecule has 0 bridgehead atoms. The molecular weight excluding hydrogens is 240 g/mol. The molecule has 6 nitrogen and oxygen atoms in total. The molecule has 0 saturated heterocycles. The van der Waals surface area contributed by atoms with Gasteiger partial charge in [0, 0.05) is 25.8 Å². The average molecular weight is 258 g/mol. The third-order valence-electron chi connectivity index (χ3n) is 2.18. The Hall–Kier alpha value is -1.02. The molecule has 0 amide bonds. The quantitative estimate of drug-likeness (QED) is 0.710. The van der Waals surface area contributed by atoms with Crippen LogP contribution in [0.4, 0.5) is 0 Å². The maximum Gasteiger partial charge on any atom is 0.242 e. The van der Waals surface area contributed by atoms with Gasteiger partial charge in [-0.15, -0.1) is 0 Å². The van der Waals surface area contributed by atoms with E-state index in [-0.39, 0.29) is 11.4 Å². The predicted molar refractivity (Wildman–Crippen MR) is 65.9 cm³/mol. The minimum atomic E-state index is -3.52. The summed E-state index contributed by atoms with van der Waals surface area (Å²) in [6, 6.07) is 3.09. The van der Waals surface area contributed by atoms with Crippen LogP contribution < -0.4 is 10.5 Å². The fraction of sp³-hybridized carbons (Fsp3) is 0.500. The van der Waals surface area contributed by atoms with Gasteiger partial charge in [0.2, 0.25) is 10.0 Å². The Labute approximate surface area is 102 Å². The first-order valence-corrected chi connectivity index (χ1v) is 6.74. The number of hydrogen-bond donors (Lipinski definition) is 2. The Bertz CT molecular complexity index is 459. The number of nitrogens with one attached hydrogen (secondary N) is 1. The van der Waals surface area contributed by atoms with Gasteiger partial charge >= 0.3 is 0 Å². The standard InChI is InChI=1S/C10H18N4O2S/c1-14(2)7-6-13-17(15,16)10-4-3-5-12-9(10)8-11/h3-5,13H,6-8,11H2,1-2H3. The van der Waals surface area contributed by atoms with Gasteiger partial charge in [-0.3, -0.25) is 4.98 Å². The summed E-state index contributed by atoms with van der Waals surface area (Å²) in [5.41, 5.74) is 5.84. The summed E-state index contributed by atoms with van der Waals surface area (Å²) in [5.74, 6) is 0. The molecule has 1 rings (SSSR count). The average Bonchev–Trinajstić information content (AvgIpc) is 2.28. The van der Waals surface area contributed by atoms with Crippen LogP contribution in [-0.2, 0) is 16.6 Å². The Kier molecular flexibility index (Phi) is 5.01. The molecule has 1 aromatic rings. The third-order valence-corrected chi connectivity index (χ3v) is 3.72. The Morgan fingerprint density at radius 2 is 2.18 bits per heavy atom. The van der Waals surface area contributed by atoms with Crippen molar-refractivity contribution < 1.29 is 8.42 Å². The molecule has 0 radical (unpaired) electrons. The molecule has 17 heavy (non-hydrogen) atoms. The lowest BCUT2D eigenvalue weighted by atomic mass is 10.3. The Morgan fingerprint density at radius 1 is 1.47 bits per heavy atom. The minimum absolute atomic E-state index is 0.102. The van der Waals surface area contributed by atoms with Crippen molar-refractivity contribution >= 4 is 10.0 Å². The third kappa shape index (κ3) is 4.04. The van der Waals surface area contributed by atoms with E-state index in [1.807, 2.05) is 19.0 Å². The molecule has 0 fully saturated rings. The molecule has 0 saturated carbocycles. The van der Waals surface area contributed by atoms with Crippen LogP contribution in [0.15, 0.2) is 23.2 Å². The number of likely N-dealkylation sites (N-methyl/N-ethyl adjacent to an activating group) is 1. The zero-order valence-corrected chi connectivity index (χ0v) is 10.9. The molecule has 0 aliphatic rings. The molecule has 0 aliphatic carbocycles. The van der Waals surface area contributed by atoms with Gasteiger partial charge in [-0.1, -0.05) is 0 Å². The van der Waals surface area contributed by atoms with Gasteiger partial charge in [-0.2, -0.15) is 0 Å². The van der Waals surface area contributed by atoms with Gasteiger partial charge in [0.15, 0.2) is 0 Å². The second kappa shape index (κ2) is 6.06. The van der Waals surface area contributed by atoms with E-state index in [2.05, 4.69) is 9.71 Å². The van der Waals surface area contributed by atoms with Crippen LogP contribution in [0.2, 0.25) is 0 Å². The highest BCUT2D eigenvalue weighted by Gasteiger charge is 2.17. The van der Waals surface area contributed by atoms with Crippen LogP contribution in [0.25, 0.3) is 0 Å². The normalized spacial score (nSPS) is 12.0. The molecule has 0 unspecified atom stereocenters. The molecule has 0 spiro atoms. The van der Waals surface area contributed by atoms with E-state index < -0.39 is 10.0 Å². The van der Waals surface area contributed by atoms with E-state index in [1.54, 1.807) is 6.07 Å². The molecule has 1 heterocycles. The van der Waals surface area contributed by atoms with Crippen LogP contribution in [0.3, 0.4) is 0 Å². The van der Waals surface area contributed by atoms with E-state index in [1.165, 1.54) is 12.3 Å². The highest BCUT2D eigenvalue weighted by atomic mass is 32.2. The number of sulfonamides is 1. The van der Waals surface area contributed by atoms with Crippen LogP contribution in [0, 0.1) is 0 Å². The zero-order chi connectivity index (χ0) is 12.9. The maximum atomic E-state index is 12.0. The summed E-state index contributed by atoms with van der Waals surface area (Å²) in [4.78, 5) is 6.00. The number of aromatic nitrogens is 1. The number of rotatable bonds is 6. The monoisotopic (exact) mass is 258 g/mol. The smallest absolute Gasteiger partial charge is 0.242 e. The van der Waals surface area contributed by atoms with E-state index in [0.717, 1.165) is 0 Å². The van der Waals surface area contributed by atoms with Crippen LogP contribution >= 0.6 is 0 Å². The second-order valence-corrected chi connectivity index (χ2v) is 5.59. The summed E-state index contributed by atoms with van der Waals surface area (Å²) >= 11 is 0. The first-order valence-electron chi connectivity index (χ1n) is 5.25. The van der Waals surface area contributed by atoms with E-state index in [0.29, 0.717) is 18.8 Å². The Morgan fingerprint density at radius 3 is 2.76 bits per heavy atom. The van der Waals surface area contributed by atoms with Gasteiger partial charge < -0.3 is 10.6 Å². The van der Waals surface area contributed by atoms with Crippen molar-refractivity contribution in [1.29, 1.82) is 0 Å². The van der Waals surface area contributed by atoms with E-state index >= 15 is 0 Å². The van der Waals surface area contributed by atoms with Crippen molar-refractivity contribution in [1.82, 2.24) is 14.6 Å². The first kappa shape index (κ1) is 14.0. The van der Waals surface area contributed by atoms with Crippen molar-refractivity contribution in [3.63, 3.8) is 0 Å². The minimum Gasteiger partial charge on any atom is -0.325 e. The second-order valence-electron chi connectivity index (χ2n) is 3.85. The van der Waals surface area contributed by atoms with Crippen molar-refractivity contribution in [2.24, 2.45) is 5.73 Å². The molecule has 96 valence electrons. The summed E-state index contributed by atoms with van der Waals surface area (Å²) in [6.45, 7) is 1.09. The fourth-order valence-corrected chi connectivity index (χ4v) is 2.52. The van der Waals surface area contributed by atoms with Crippen LogP contribution in [-0.4, -0.2) is 45.5 Å². The van der Waals surface area contributed by atoms with Crippen molar-refractivity contribution in [2.75, 3.05) is 27.2 Å². The Balaban J connectivity index is 2.82. The maximum absolute atomic E-state index is 12.0. The van der Waals surface area contributed by atoms with Gasteiger partial charge in [-0.05, 0) is 26.2 Å². The SMILES string of the molecule is CN(C)CCNS(=O)(=O)c1cccnc1CN. The molecule has 3 N–H and O–H groups in total. The number of nitrogens with two attached hydrogens (primary N) is 1. The topological polar surface area (TPSA) is 88.3 Å². The molecule has 7 heteroatoms. The fourth-order valence-electron chi connectivity index (χ4n) is 1.30. The van der Waals surface area contributed by atoms with Gasteiger partial charge in [-0.25, -0.2) is 13.1 Å². The predicted octanol–water partition coefficient (Wildman–Crippen LogP) is -0.620. The lowest BCUT2D eigenvalue weighted by Crippen LogP contribution is -2.32. The van der Waals surface area contributed by atoms with Crippen LogP contribution in [0.5, 0.6) is 0 Å². The summed E-state index contributed by atoms with van der Waals surface area (Å²) in [5, 5.41) is 0. The lowest BCUT2D eigenvalue weighted by Gasteiger charge is -2.12. The number of hydrogen-bond acceptors (Lipinski definition) is 5. The van der Waals surface area contributed by atoms with Gasteiger partial charge in [0.25, 0.3) is 0 Å². The van der Waals surface area contributed by atoms with Crippen molar-refractivity contribution in [3.8, 4) is 0 Å². The van der Waals surface area contributed by atoms with Crippen molar-refractivity contribution in [2.45, 2.75) is 11.4 Å². The van der Waals surface area contributed by atoms with Gasteiger partial charge in [0.1, 0.15) is 4.90 Å². The van der Waals surface area contributed by atoms with E-state index in [9.17, 15) is 8.42 Å². The summed E-state index contributed by atoms with van der Waals surface area (Å²) < 4.78 is 26.5. The molecule has 0 atom stereocenters. The van der Waals surface area contributed by atoms with E-state index in [4.69, 9.17) is 5.73 Å². The molecule has 0 aromatic carbocycles. The lowest BCUT2D eigenvalue weighted by molar-refractivity contribution is 0.412. The van der Waals surface area contributed by atoms with Crippen molar-refractivity contribution in [3.05, 3.63) is 24.0 Å². The molecule has 0 aliphatic heterocycles. The number of pyridine rings is 1. The largest absolute Gasteiger partial charge is 0.325 e. The molecule has 1 aromatic heterocycles. The highest BCUT2D eigenvalue weighted by molar-refractivity contribution is 7.89. The summed E-state index contributed by atoms with van der Waals surface area (Å²) in [7, 11) is 0.239. The number of nitrogens with zero attached hydrogens (tertiary/aromatic N) is 2. The molecular formula is C10H18N4O2S. The van der Waals surface area contributed by atoms with Crippen LogP contribution in [0.1, 0.15) is 5.69 Å². The first-order chi connectivity index (χ1) is 7.97. The van der Waals surface area contributed by atoms with Gasteiger partial charge in [0.05, 0.1) is 5.69 Å². The zero-order valence-electron chi connectivity index (χ0n) is 10.0. The summed E-state index contributed by atoms with van der Waals surface area (Å²) in [6.07, 6.45) is 1.53.